The molecule has 1 rings (SSSR count). The monoisotopic (exact) mass is 238 g/mol. The molecule has 1 heteroatoms. The molecule has 0 aliphatic rings. The minimum absolute atomic E-state index is 0.944. The molecule has 0 bridgehead atoms. The van der Waals surface area contributed by atoms with E-state index in [0.29, 0.717) is 0 Å². The molecular formula is C12H15Br. The fourth-order valence-electron chi connectivity index (χ4n) is 1.18. The van der Waals surface area contributed by atoms with E-state index in [1.165, 1.54) is 22.3 Å². The molecule has 0 aliphatic heterocycles. The fraction of sp³-hybridized carbons (Fsp3) is 0.333. The van der Waals surface area contributed by atoms with E-state index in [1.54, 1.807) is 0 Å². The van der Waals surface area contributed by atoms with E-state index in [-0.39, 0.29) is 0 Å². The van der Waals surface area contributed by atoms with Gasteiger partial charge in [0.15, 0.2) is 0 Å². The number of aryl methyl sites for hydroxylation is 2. The molecule has 0 heterocycles. The van der Waals surface area contributed by atoms with Gasteiger partial charge in [-0.25, -0.2) is 0 Å². The van der Waals surface area contributed by atoms with E-state index in [4.69, 9.17) is 0 Å². The number of alkyl halides is 1. The van der Waals surface area contributed by atoms with Crippen LogP contribution in [0.3, 0.4) is 0 Å². The average Bonchev–Trinajstić information content (AvgIpc) is 2.11. The highest BCUT2D eigenvalue weighted by Gasteiger charge is 1.93. The lowest BCUT2D eigenvalue weighted by atomic mass is 10.1. The maximum absolute atomic E-state index is 3.44. The van der Waals surface area contributed by atoms with Crippen LogP contribution < -0.4 is 0 Å². The summed E-state index contributed by atoms with van der Waals surface area (Å²) in [7, 11) is 0. The second kappa shape index (κ2) is 4.61. The zero-order valence-electron chi connectivity index (χ0n) is 8.39. The molecule has 0 amide bonds. The van der Waals surface area contributed by atoms with Gasteiger partial charge in [0.2, 0.25) is 0 Å². The van der Waals surface area contributed by atoms with Crippen LogP contribution in [0.2, 0.25) is 0 Å². The Balaban J connectivity index is 2.98. The van der Waals surface area contributed by atoms with Gasteiger partial charge in [-0.05, 0) is 37.5 Å². The van der Waals surface area contributed by atoms with Crippen LogP contribution in [-0.4, -0.2) is 5.33 Å². The van der Waals surface area contributed by atoms with Gasteiger partial charge in [0.05, 0.1) is 0 Å². The van der Waals surface area contributed by atoms with Gasteiger partial charge < -0.3 is 0 Å². The van der Waals surface area contributed by atoms with Crippen molar-refractivity contribution in [3.8, 4) is 0 Å². The Morgan fingerprint density at radius 2 is 2.00 bits per heavy atom. The smallest absolute Gasteiger partial charge is 0.0242 e. The van der Waals surface area contributed by atoms with Crippen molar-refractivity contribution in [1.82, 2.24) is 0 Å². The van der Waals surface area contributed by atoms with Gasteiger partial charge in [0, 0.05) is 5.33 Å². The summed E-state index contributed by atoms with van der Waals surface area (Å²) in [6, 6.07) is 6.55. The van der Waals surface area contributed by atoms with Crippen molar-refractivity contribution in [3.63, 3.8) is 0 Å². The Bertz CT molecular complexity index is 324. The molecular weight excluding hydrogens is 224 g/mol. The van der Waals surface area contributed by atoms with Crippen LogP contribution >= 0.6 is 15.9 Å². The zero-order valence-corrected chi connectivity index (χ0v) is 9.98. The predicted molar refractivity (Wildman–Crippen MR) is 63.4 cm³/mol. The molecule has 0 unspecified atom stereocenters. The summed E-state index contributed by atoms with van der Waals surface area (Å²) in [6.45, 7) is 6.42. The van der Waals surface area contributed by atoms with Gasteiger partial charge in [0.1, 0.15) is 0 Å². The Morgan fingerprint density at radius 1 is 1.31 bits per heavy atom. The van der Waals surface area contributed by atoms with Gasteiger partial charge in [-0.15, -0.1) is 0 Å². The van der Waals surface area contributed by atoms with Crippen LogP contribution in [0.1, 0.15) is 23.6 Å². The maximum Gasteiger partial charge on any atom is 0.0242 e. The van der Waals surface area contributed by atoms with Crippen LogP contribution in [0.15, 0.2) is 23.8 Å². The lowest BCUT2D eigenvalue weighted by molar-refractivity contribution is 1.33. The fourth-order valence-corrected chi connectivity index (χ4v) is 1.34. The first-order valence-electron chi connectivity index (χ1n) is 4.44. The third-order valence-electron chi connectivity index (χ3n) is 2.15. The lowest BCUT2D eigenvalue weighted by Gasteiger charge is -2.01. The molecule has 70 valence electrons. The van der Waals surface area contributed by atoms with E-state index < -0.39 is 0 Å². The number of hydrogen-bond acceptors (Lipinski definition) is 0. The summed E-state index contributed by atoms with van der Waals surface area (Å²) < 4.78 is 0. The molecule has 0 atom stereocenters. The number of rotatable bonds is 2. The van der Waals surface area contributed by atoms with Crippen molar-refractivity contribution in [2.24, 2.45) is 0 Å². The van der Waals surface area contributed by atoms with Crippen LogP contribution in [0.5, 0.6) is 0 Å². The van der Waals surface area contributed by atoms with E-state index in [0.717, 1.165) is 5.33 Å². The Labute approximate surface area is 88.8 Å². The highest BCUT2D eigenvalue weighted by molar-refractivity contribution is 9.09. The summed E-state index contributed by atoms with van der Waals surface area (Å²) in [5.41, 5.74) is 5.35. The second-order valence-electron chi connectivity index (χ2n) is 3.47. The molecule has 0 saturated carbocycles. The molecule has 0 fully saturated rings. The molecule has 0 nitrogen and oxygen atoms in total. The first-order chi connectivity index (χ1) is 6.13. The average molecular weight is 239 g/mol. The van der Waals surface area contributed by atoms with Gasteiger partial charge in [-0.3, -0.25) is 0 Å². The summed E-state index contributed by atoms with van der Waals surface area (Å²) >= 11 is 3.44. The van der Waals surface area contributed by atoms with E-state index in [1.807, 2.05) is 0 Å². The van der Waals surface area contributed by atoms with Gasteiger partial charge in [-0.2, -0.15) is 0 Å². The predicted octanol–water partition coefficient (Wildman–Crippen LogP) is 4.10. The summed E-state index contributed by atoms with van der Waals surface area (Å²) in [6.07, 6.45) is 2.21. The van der Waals surface area contributed by atoms with Crippen molar-refractivity contribution in [2.45, 2.75) is 20.8 Å². The lowest BCUT2D eigenvalue weighted by Crippen LogP contribution is -1.83. The van der Waals surface area contributed by atoms with Crippen LogP contribution in [-0.2, 0) is 0 Å². The van der Waals surface area contributed by atoms with Crippen molar-refractivity contribution in [3.05, 3.63) is 40.5 Å². The molecule has 0 radical (unpaired) electrons. The standard InChI is InChI=1S/C12H15Br/c1-9(8-13)6-12-5-4-10(2)11(3)7-12/h4-7H,8H2,1-3H3/b9-6-. The van der Waals surface area contributed by atoms with Gasteiger partial charge >= 0.3 is 0 Å². The summed E-state index contributed by atoms with van der Waals surface area (Å²) in [4.78, 5) is 0. The Morgan fingerprint density at radius 3 is 2.54 bits per heavy atom. The molecule has 0 aliphatic carbocycles. The van der Waals surface area contributed by atoms with Crippen LogP contribution in [0.25, 0.3) is 6.08 Å². The van der Waals surface area contributed by atoms with E-state index in [2.05, 4.69) is 61.0 Å². The third kappa shape index (κ3) is 3.00. The molecule has 0 aromatic heterocycles. The zero-order chi connectivity index (χ0) is 9.84. The molecule has 1 aromatic rings. The Kier molecular flexibility index (Phi) is 3.73. The van der Waals surface area contributed by atoms with Gasteiger partial charge in [-0.1, -0.05) is 45.8 Å². The molecule has 1 aromatic carbocycles. The number of hydrogen-bond donors (Lipinski definition) is 0. The third-order valence-corrected chi connectivity index (χ3v) is 3.04. The summed E-state index contributed by atoms with van der Waals surface area (Å²) in [5, 5.41) is 0.944. The van der Waals surface area contributed by atoms with Crippen molar-refractivity contribution in [2.75, 3.05) is 5.33 Å². The highest BCUT2D eigenvalue weighted by Crippen LogP contribution is 2.13. The normalized spacial score (nSPS) is 11.8. The topological polar surface area (TPSA) is 0 Å². The summed E-state index contributed by atoms with van der Waals surface area (Å²) in [5.74, 6) is 0. The number of allylic oxidation sites excluding steroid dienone is 1. The first-order valence-corrected chi connectivity index (χ1v) is 5.56. The quantitative estimate of drug-likeness (QED) is 0.681. The SMILES string of the molecule is C/C(=C/c1ccc(C)c(C)c1)CBr. The molecule has 0 N–H and O–H groups in total. The largest absolute Gasteiger partial charge is 0.0880 e. The van der Waals surface area contributed by atoms with Crippen LogP contribution in [0, 0.1) is 13.8 Å². The highest BCUT2D eigenvalue weighted by atomic mass is 79.9. The first kappa shape index (κ1) is 10.5. The number of benzene rings is 1. The maximum atomic E-state index is 3.44. The van der Waals surface area contributed by atoms with E-state index >= 15 is 0 Å². The van der Waals surface area contributed by atoms with Crippen molar-refractivity contribution in [1.29, 1.82) is 0 Å². The molecule has 0 saturated heterocycles. The number of halogens is 1. The molecule has 13 heavy (non-hydrogen) atoms. The van der Waals surface area contributed by atoms with Gasteiger partial charge in [0.25, 0.3) is 0 Å². The minimum Gasteiger partial charge on any atom is -0.0880 e. The van der Waals surface area contributed by atoms with Crippen LogP contribution in [0.4, 0.5) is 0 Å². The van der Waals surface area contributed by atoms with Crippen molar-refractivity contribution >= 4 is 22.0 Å². The Hall–Kier alpha value is -0.560. The molecule has 0 spiro atoms. The second-order valence-corrected chi connectivity index (χ2v) is 4.03. The van der Waals surface area contributed by atoms with E-state index in [9.17, 15) is 0 Å². The minimum atomic E-state index is 0.944. The van der Waals surface area contributed by atoms with Crippen molar-refractivity contribution < 1.29 is 0 Å².